The summed E-state index contributed by atoms with van der Waals surface area (Å²) in [5, 5.41) is 19.9. The number of aliphatic hydroxyl groups is 2. The number of ether oxygens (including phenoxy) is 3. The highest BCUT2D eigenvalue weighted by atomic mass is 16.7. The van der Waals surface area contributed by atoms with Gasteiger partial charge in [-0.2, -0.15) is 0 Å². The van der Waals surface area contributed by atoms with Gasteiger partial charge >= 0.3 is 0 Å². The van der Waals surface area contributed by atoms with Crippen molar-refractivity contribution in [3.8, 4) is 0 Å². The molecule has 2 aliphatic heterocycles. The van der Waals surface area contributed by atoms with Gasteiger partial charge in [-0.15, -0.1) is 0 Å². The summed E-state index contributed by atoms with van der Waals surface area (Å²) in [6.07, 6.45) is -0.976. The van der Waals surface area contributed by atoms with Crippen molar-refractivity contribution >= 4 is 0 Å². The standard InChI is InChI=1S/C18H34O5/c1-7-13-10(4)9(3)11(5)18(22-13)23-16-12(6)15(19)17(20)21-14(16)8-2/h9-20H,7-8H2,1-6H3/t9-,10-,11?,12+,13?,14?,15?,16-,17?,18-/m0/s1. The van der Waals surface area contributed by atoms with E-state index < -0.39 is 12.4 Å². The molecule has 0 bridgehead atoms. The smallest absolute Gasteiger partial charge is 0.181 e. The highest BCUT2D eigenvalue weighted by Crippen LogP contribution is 2.39. The van der Waals surface area contributed by atoms with Crippen LogP contribution in [0.25, 0.3) is 0 Å². The van der Waals surface area contributed by atoms with Gasteiger partial charge < -0.3 is 24.4 Å². The van der Waals surface area contributed by atoms with E-state index in [4.69, 9.17) is 14.2 Å². The third-order valence-corrected chi connectivity index (χ3v) is 6.11. The molecule has 2 fully saturated rings. The summed E-state index contributed by atoms with van der Waals surface area (Å²) in [6, 6.07) is 0. The molecule has 0 aromatic carbocycles. The predicted octanol–water partition coefficient (Wildman–Crippen LogP) is 2.54. The first kappa shape index (κ1) is 19.1. The molecule has 2 N–H and O–H groups in total. The monoisotopic (exact) mass is 330 g/mol. The molecule has 0 radical (unpaired) electrons. The SMILES string of the molecule is CCC1O[C@@H](O[C@@H]2C(CC)OC(O)C(O)[C@H]2C)C(C)[C@@H](C)[C@@H]1C. The molecule has 5 heteroatoms. The summed E-state index contributed by atoms with van der Waals surface area (Å²) in [4.78, 5) is 0. The van der Waals surface area contributed by atoms with Gasteiger partial charge in [0.15, 0.2) is 12.6 Å². The molecule has 0 aromatic rings. The zero-order valence-electron chi connectivity index (χ0n) is 15.3. The Labute approximate surface area is 140 Å². The molecule has 23 heavy (non-hydrogen) atoms. The predicted molar refractivity (Wildman–Crippen MR) is 87.7 cm³/mol. The second-order valence-corrected chi connectivity index (χ2v) is 7.45. The molecule has 0 saturated carbocycles. The van der Waals surface area contributed by atoms with Crippen molar-refractivity contribution in [2.24, 2.45) is 23.7 Å². The Morgan fingerprint density at radius 3 is 1.96 bits per heavy atom. The Morgan fingerprint density at radius 2 is 1.39 bits per heavy atom. The van der Waals surface area contributed by atoms with E-state index >= 15 is 0 Å². The van der Waals surface area contributed by atoms with Crippen molar-refractivity contribution in [1.29, 1.82) is 0 Å². The lowest BCUT2D eigenvalue weighted by Gasteiger charge is -2.48. The number of aliphatic hydroxyl groups excluding tert-OH is 2. The highest BCUT2D eigenvalue weighted by Gasteiger charge is 2.46. The van der Waals surface area contributed by atoms with Crippen molar-refractivity contribution in [3.63, 3.8) is 0 Å². The molecular formula is C18H34O5. The van der Waals surface area contributed by atoms with E-state index in [9.17, 15) is 10.2 Å². The molecule has 5 unspecified atom stereocenters. The summed E-state index contributed by atoms with van der Waals surface area (Å²) in [6.45, 7) is 12.7. The highest BCUT2D eigenvalue weighted by molar-refractivity contribution is 4.89. The molecule has 2 aliphatic rings. The van der Waals surface area contributed by atoms with Crippen LogP contribution in [-0.4, -0.2) is 47.2 Å². The van der Waals surface area contributed by atoms with E-state index in [0.717, 1.165) is 12.8 Å². The number of hydrogen-bond donors (Lipinski definition) is 2. The van der Waals surface area contributed by atoms with Crippen molar-refractivity contribution in [2.75, 3.05) is 0 Å². The van der Waals surface area contributed by atoms with Gasteiger partial charge in [-0.3, -0.25) is 0 Å². The van der Waals surface area contributed by atoms with E-state index in [1.165, 1.54) is 0 Å². The van der Waals surface area contributed by atoms with Crippen molar-refractivity contribution in [3.05, 3.63) is 0 Å². The van der Waals surface area contributed by atoms with Gasteiger partial charge in [0, 0.05) is 11.8 Å². The van der Waals surface area contributed by atoms with Crippen LogP contribution < -0.4 is 0 Å². The summed E-state index contributed by atoms with van der Waals surface area (Å²) >= 11 is 0. The number of hydrogen-bond acceptors (Lipinski definition) is 5. The largest absolute Gasteiger partial charge is 0.387 e. The second-order valence-electron chi connectivity index (χ2n) is 7.45. The molecule has 2 saturated heterocycles. The molecule has 0 spiro atoms. The van der Waals surface area contributed by atoms with Crippen LogP contribution in [0, 0.1) is 23.7 Å². The topological polar surface area (TPSA) is 68.2 Å². The minimum atomic E-state index is -1.14. The van der Waals surface area contributed by atoms with E-state index in [2.05, 4.69) is 27.7 Å². The maximum atomic E-state index is 10.1. The van der Waals surface area contributed by atoms with E-state index in [0.29, 0.717) is 11.8 Å². The molecule has 0 amide bonds. The first-order chi connectivity index (χ1) is 10.8. The third-order valence-electron chi connectivity index (χ3n) is 6.11. The molecule has 2 heterocycles. The zero-order valence-corrected chi connectivity index (χ0v) is 15.3. The fourth-order valence-electron chi connectivity index (χ4n) is 3.93. The van der Waals surface area contributed by atoms with Gasteiger partial charge in [-0.25, -0.2) is 0 Å². The average Bonchev–Trinajstić information content (AvgIpc) is 2.55. The first-order valence-corrected chi connectivity index (χ1v) is 9.14. The quantitative estimate of drug-likeness (QED) is 0.829. The lowest BCUT2D eigenvalue weighted by molar-refractivity contribution is -0.326. The molecule has 5 nitrogen and oxygen atoms in total. The van der Waals surface area contributed by atoms with Gasteiger partial charge in [0.2, 0.25) is 0 Å². The molecule has 136 valence electrons. The Hall–Kier alpha value is -0.200. The van der Waals surface area contributed by atoms with Gasteiger partial charge in [-0.05, 0) is 24.7 Å². The normalized spacial score (nSPS) is 51.7. The van der Waals surface area contributed by atoms with Crippen molar-refractivity contribution in [1.82, 2.24) is 0 Å². The lowest BCUT2D eigenvalue weighted by atomic mass is 9.78. The summed E-state index contributed by atoms with van der Waals surface area (Å²) in [7, 11) is 0. The Kier molecular flexibility index (Phi) is 6.48. The number of rotatable bonds is 4. The summed E-state index contributed by atoms with van der Waals surface area (Å²) in [5.74, 6) is 1.09. The van der Waals surface area contributed by atoms with Crippen LogP contribution in [0.5, 0.6) is 0 Å². The Morgan fingerprint density at radius 1 is 0.783 bits per heavy atom. The summed E-state index contributed by atoms with van der Waals surface area (Å²) in [5.41, 5.74) is 0. The van der Waals surface area contributed by atoms with Gasteiger partial charge in [0.05, 0.1) is 18.3 Å². The third kappa shape index (κ3) is 3.74. The van der Waals surface area contributed by atoms with E-state index in [1.807, 2.05) is 13.8 Å². The zero-order chi connectivity index (χ0) is 17.3. The van der Waals surface area contributed by atoms with Crippen LogP contribution >= 0.6 is 0 Å². The van der Waals surface area contributed by atoms with Crippen LogP contribution in [0.15, 0.2) is 0 Å². The Bertz CT molecular complexity index is 372. The van der Waals surface area contributed by atoms with Gasteiger partial charge in [-0.1, -0.05) is 41.5 Å². The van der Waals surface area contributed by atoms with E-state index in [1.54, 1.807) is 0 Å². The minimum Gasteiger partial charge on any atom is -0.387 e. The van der Waals surface area contributed by atoms with Crippen LogP contribution in [0.2, 0.25) is 0 Å². The van der Waals surface area contributed by atoms with Crippen molar-refractivity contribution < 1.29 is 24.4 Å². The molecule has 10 atom stereocenters. The second kappa shape index (κ2) is 7.79. The van der Waals surface area contributed by atoms with Gasteiger partial charge in [0.1, 0.15) is 6.10 Å². The van der Waals surface area contributed by atoms with Crippen LogP contribution in [0.1, 0.15) is 54.4 Å². The summed E-state index contributed by atoms with van der Waals surface area (Å²) < 4.78 is 18.1. The fraction of sp³-hybridized carbons (Fsp3) is 1.00. The van der Waals surface area contributed by atoms with Gasteiger partial charge in [0.25, 0.3) is 0 Å². The molecule has 0 aliphatic carbocycles. The fourth-order valence-corrected chi connectivity index (χ4v) is 3.93. The molecule has 2 rings (SSSR count). The average molecular weight is 330 g/mol. The van der Waals surface area contributed by atoms with Crippen LogP contribution in [0.4, 0.5) is 0 Å². The minimum absolute atomic E-state index is 0.196. The van der Waals surface area contributed by atoms with E-state index in [-0.39, 0.29) is 36.4 Å². The van der Waals surface area contributed by atoms with Crippen LogP contribution in [-0.2, 0) is 14.2 Å². The maximum absolute atomic E-state index is 10.1. The van der Waals surface area contributed by atoms with Crippen LogP contribution in [0.3, 0.4) is 0 Å². The first-order valence-electron chi connectivity index (χ1n) is 9.14. The molecular weight excluding hydrogens is 296 g/mol. The lowest BCUT2D eigenvalue weighted by Crippen LogP contribution is -2.56. The molecule has 0 aromatic heterocycles. The Balaban J connectivity index is 2.11. The van der Waals surface area contributed by atoms with Crippen molar-refractivity contribution in [2.45, 2.75) is 91.4 Å². The maximum Gasteiger partial charge on any atom is 0.181 e.